The maximum atomic E-state index is 5.20. The lowest BCUT2D eigenvalue weighted by molar-refractivity contribution is 1.06. The Kier molecular flexibility index (Phi) is 22.2. The maximum Gasteiger partial charge on any atom is 0.166 e. The number of hydrogen-bond donors (Lipinski definition) is 0. The molecule has 30 rings (SSSR count). The lowest BCUT2D eigenvalue weighted by Gasteiger charge is -2.15. The molecule has 9 heterocycles. The topological polar surface area (TPSA) is 131 Å². The van der Waals surface area contributed by atoms with Crippen LogP contribution in [-0.2, 0) is 0 Å². The van der Waals surface area contributed by atoms with Crippen LogP contribution < -0.4 is 0 Å². The van der Waals surface area contributed by atoms with Crippen LogP contribution >= 0.6 is 34.0 Å². The average Bonchev–Trinajstić information content (AvgIpc) is 1.57. The molecule has 12 nitrogen and oxygen atoms in total. The van der Waals surface area contributed by atoms with Crippen molar-refractivity contribution in [2.75, 3.05) is 0 Å². The van der Waals surface area contributed by atoms with Crippen molar-refractivity contribution >= 4 is 160 Å². The smallest absolute Gasteiger partial charge is 0.166 e. The standard InChI is InChI=1S/3C45H28N4S/c1-3-13-29(14-4-1)30-23-25-32(26-24-30)44-46-43(31-15-5-2-6-16-31)47-45(48-44)37-19-8-11-21-39(37)49-38-20-10-7-17-33(38)35-27-28-36-34-18-9-12-22-40(34)50-42(36)41(35)49;1-3-12-29(13-4-1)30-22-24-32(25-23-30)44-46-43(31-14-5-2-6-15-31)47-45(48-44)33-16-11-17-34(28-33)49-39-20-9-7-18-35(39)37-26-27-38-36-19-8-10-21-40(36)50-42(38)41(37)49;1-3-11-29(12-4-1)30-19-21-32(22-20-30)44-46-43(31-13-5-2-6-14-31)47-45(48-44)33-23-25-34(26-24-33)49-39-17-9-7-15-35(39)37-27-28-38-36-16-8-10-18-40(36)50-42(38)41(37)49/h3*1-28H. The lowest BCUT2D eigenvalue weighted by Crippen LogP contribution is -2.03. The van der Waals surface area contributed by atoms with E-state index in [4.69, 9.17) is 44.9 Å². The number of fused-ring (bicyclic) bond motifs is 21. The predicted molar refractivity (Wildman–Crippen MR) is 626 cm³/mol. The Balaban J connectivity index is 0.000000108. The van der Waals surface area contributed by atoms with E-state index in [9.17, 15) is 0 Å². The largest absolute Gasteiger partial charge is 0.308 e. The summed E-state index contributed by atoms with van der Waals surface area (Å²) in [6.45, 7) is 0. The molecule has 0 bridgehead atoms. The number of rotatable bonds is 15. The molecule has 0 amide bonds. The minimum atomic E-state index is 0.631. The number of nitrogens with zero attached hydrogens (tertiary/aromatic N) is 12. The van der Waals surface area contributed by atoms with Crippen molar-refractivity contribution in [3.63, 3.8) is 0 Å². The van der Waals surface area contributed by atoms with Crippen LogP contribution in [0, 0.1) is 0 Å². The van der Waals surface area contributed by atoms with E-state index in [-0.39, 0.29) is 0 Å². The number of hydrogen-bond acceptors (Lipinski definition) is 12. The number of para-hydroxylation sites is 4. The first-order chi connectivity index (χ1) is 74.4. The molecule has 0 saturated carbocycles. The van der Waals surface area contributed by atoms with E-state index >= 15 is 0 Å². The highest BCUT2D eigenvalue weighted by molar-refractivity contribution is 7.27. The van der Waals surface area contributed by atoms with E-state index in [0.717, 1.165) is 89.3 Å². The summed E-state index contributed by atoms with van der Waals surface area (Å²) in [6.07, 6.45) is 0. The Hall–Kier alpha value is -19.3. The lowest BCUT2D eigenvalue weighted by atomic mass is 10.0. The molecule has 150 heavy (non-hydrogen) atoms. The number of aromatic nitrogens is 12. The quantitative estimate of drug-likeness (QED) is 0.0984. The van der Waals surface area contributed by atoms with E-state index in [1.807, 2.05) is 131 Å². The van der Waals surface area contributed by atoms with Gasteiger partial charge in [0.05, 0.1) is 52.9 Å². The number of benzene rings is 21. The third-order valence-electron chi connectivity index (χ3n) is 28.4. The van der Waals surface area contributed by atoms with E-state index in [0.29, 0.717) is 52.4 Å². The highest BCUT2D eigenvalue weighted by Gasteiger charge is 2.27. The summed E-state index contributed by atoms with van der Waals surface area (Å²) in [6, 6.07) is 179. The van der Waals surface area contributed by atoms with Crippen LogP contribution in [0.5, 0.6) is 0 Å². The van der Waals surface area contributed by atoms with Crippen molar-refractivity contribution in [1.29, 1.82) is 0 Å². The first-order valence-electron chi connectivity index (χ1n) is 50.1. The van der Waals surface area contributed by atoms with Gasteiger partial charge in [0.15, 0.2) is 52.4 Å². The molecule has 15 heteroatoms. The van der Waals surface area contributed by atoms with E-state index in [1.54, 1.807) is 0 Å². The number of thiophene rings is 3. The summed E-state index contributed by atoms with van der Waals surface area (Å²) in [5, 5.41) is 15.2. The molecule has 30 aromatic rings. The van der Waals surface area contributed by atoms with Gasteiger partial charge in [0, 0.05) is 140 Å². The highest BCUT2D eigenvalue weighted by Crippen LogP contribution is 2.49. The summed E-state index contributed by atoms with van der Waals surface area (Å²) in [5.41, 5.74) is 25.8. The van der Waals surface area contributed by atoms with Gasteiger partial charge in [-0.3, -0.25) is 0 Å². The third kappa shape index (κ3) is 16.0. The van der Waals surface area contributed by atoms with Gasteiger partial charge in [-0.05, 0) is 118 Å². The molecule has 0 N–H and O–H groups in total. The molecule has 0 radical (unpaired) electrons. The van der Waals surface area contributed by atoms with Gasteiger partial charge >= 0.3 is 0 Å². The summed E-state index contributed by atoms with van der Waals surface area (Å²) in [7, 11) is 0. The fraction of sp³-hybridized carbons (Fsp3) is 0. The Morgan fingerprint density at radius 1 is 0.140 bits per heavy atom. The zero-order chi connectivity index (χ0) is 99.1. The van der Waals surface area contributed by atoms with Crippen LogP contribution in [0.15, 0.2) is 510 Å². The molecular formula is C135H84N12S3. The van der Waals surface area contributed by atoms with Crippen LogP contribution in [0.4, 0.5) is 0 Å². The van der Waals surface area contributed by atoms with Gasteiger partial charge in [-0.2, -0.15) is 0 Å². The summed E-state index contributed by atoms with van der Waals surface area (Å²) in [4.78, 5) is 45.5. The predicted octanol–water partition coefficient (Wildman–Crippen LogP) is 36.0. The SMILES string of the molecule is c1ccc(-c2ccc(-c3nc(-c4ccccc4)nc(-c4ccc(-n5c6ccccc6c6ccc7c8ccccc8sc7c65)cc4)n3)cc2)cc1.c1ccc(-c2ccc(-c3nc(-c4ccccc4)nc(-c4cccc(-n5c6ccccc6c6ccc7c8ccccc8sc7c65)c4)n3)cc2)cc1.c1ccc(-c2ccc(-c3nc(-c4ccccc4)nc(-c4ccccc4-n4c5ccccc5c5ccc6c7ccccc7sc6c54)n3)cc2)cc1. The monoisotopic (exact) mass is 1970 g/mol. The fourth-order valence-electron chi connectivity index (χ4n) is 21.3. The van der Waals surface area contributed by atoms with Crippen molar-refractivity contribution in [3.05, 3.63) is 510 Å². The third-order valence-corrected chi connectivity index (χ3v) is 32.0. The van der Waals surface area contributed by atoms with Crippen LogP contribution in [-0.4, -0.2) is 58.6 Å². The second-order valence-corrected chi connectivity index (χ2v) is 40.5. The van der Waals surface area contributed by atoms with E-state index in [2.05, 4.69) is 426 Å². The Labute approximate surface area is 874 Å². The van der Waals surface area contributed by atoms with Crippen molar-refractivity contribution in [2.45, 2.75) is 0 Å². The van der Waals surface area contributed by atoms with Gasteiger partial charge in [0.25, 0.3) is 0 Å². The van der Waals surface area contributed by atoms with Crippen LogP contribution in [0.25, 0.3) is 279 Å². The average molecular weight is 1970 g/mol. The Morgan fingerprint density at radius 2 is 0.373 bits per heavy atom. The van der Waals surface area contributed by atoms with Crippen molar-refractivity contribution in [2.24, 2.45) is 0 Å². The minimum Gasteiger partial charge on any atom is -0.308 e. The zero-order valence-electron chi connectivity index (χ0n) is 80.6. The molecule has 0 aliphatic carbocycles. The van der Waals surface area contributed by atoms with Crippen molar-refractivity contribution in [3.8, 4) is 153 Å². The summed E-state index contributed by atoms with van der Waals surface area (Å²) in [5.74, 6) is 5.76. The molecule has 0 aliphatic rings. The molecule has 702 valence electrons. The van der Waals surface area contributed by atoms with Crippen molar-refractivity contribution < 1.29 is 0 Å². The van der Waals surface area contributed by atoms with Gasteiger partial charge in [-0.25, -0.2) is 44.9 Å². The first-order valence-corrected chi connectivity index (χ1v) is 52.6. The minimum absolute atomic E-state index is 0.631. The Bertz CT molecular complexity index is 10400. The maximum absolute atomic E-state index is 5.20. The summed E-state index contributed by atoms with van der Waals surface area (Å²) < 4.78 is 15.0. The molecule has 0 aliphatic heterocycles. The zero-order valence-corrected chi connectivity index (χ0v) is 83.0. The van der Waals surface area contributed by atoms with Crippen LogP contribution in [0.1, 0.15) is 0 Å². The summed E-state index contributed by atoms with van der Waals surface area (Å²) >= 11 is 5.58. The Morgan fingerprint density at radius 3 is 0.727 bits per heavy atom. The van der Waals surface area contributed by atoms with E-state index in [1.165, 1.54) is 137 Å². The molecule has 21 aromatic carbocycles. The van der Waals surface area contributed by atoms with E-state index < -0.39 is 0 Å². The molecule has 9 aromatic heterocycles. The van der Waals surface area contributed by atoms with Crippen LogP contribution in [0.2, 0.25) is 0 Å². The van der Waals surface area contributed by atoms with Crippen molar-refractivity contribution in [1.82, 2.24) is 58.6 Å². The second kappa shape index (κ2) is 37.7. The molecule has 0 spiro atoms. The van der Waals surface area contributed by atoms with Gasteiger partial charge in [0.1, 0.15) is 0 Å². The molecular weight excluding hydrogens is 1890 g/mol. The van der Waals surface area contributed by atoms with Gasteiger partial charge < -0.3 is 13.7 Å². The molecule has 0 saturated heterocycles. The molecule has 0 unspecified atom stereocenters. The second-order valence-electron chi connectivity index (χ2n) is 37.3. The fourth-order valence-corrected chi connectivity index (χ4v) is 25.0. The molecule has 0 fully saturated rings. The normalized spacial score (nSPS) is 11.6. The molecule has 0 atom stereocenters. The van der Waals surface area contributed by atoms with Gasteiger partial charge in [0.2, 0.25) is 0 Å². The van der Waals surface area contributed by atoms with Gasteiger partial charge in [-0.15, -0.1) is 34.0 Å². The van der Waals surface area contributed by atoms with Crippen LogP contribution in [0.3, 0.4) is 0 Å². The van der Waals surface area contributed by atoms with Gasteiger partial charge in [-0.1, -0.05) is 425 Å². The highest BCUT2D eigenvalue weighted by atomic mass is 32.1. The first kappa shape index (κ1) is 88.4.